The zero-order valence-electron chi connectivity index (χ0n) is 20.4. The number of cyclic esters (lactones) is 1. The van der Waals surface area contributed by atoms with Crippen molar-refractivity contribution in [2.24, 2.45) is 5.92 Å². The molecule has 0 fully saturated rings. The number of Topliss-reactive ketones (excluding diaryl/α,β-unsaturated/α-hetero) is 1. The van der Waals surface area contributed by atoms with Crippen molar-refractivity contribution in [2.45, 2.75) is 32.8 Å². The number of rotatable bonds is 8. The molecule has 1 aliphatic rings. The number of esters is 1. The van der Waals surface area contributed by atoms with Crippen LogP contribution in [0.4, 0.5) is 5.69 Å². The Kier molecular flexibility index (Phi) is 7.25. The third-order valence-corrected chi connectivity index (χ3v) is 6.24. The van der Waals surface area contributed by atoms with Crippen LogP contribution in [-0.2, 0) is 19.1 Å². The first kappa shape index (κ1) is 24.8. The molecule has 3 aromatic rings. The van der Waals surface area contributed by atoms with E-state index in [1.54, 1.807) is 30.3 Å². The van der Waals surface area contributed by atoms with Crippen LogP contribution in [0, 0.1) is 12.8 Å². The predicted molar refractivity (Wildman–Crippen MR) is 137 cm³/mol. The summed E-state index contributed by atoms with van der Waals surface area (Å²) in [7, 11) is 0. The van der Waals surface area contributed by atoms with Gasteiger partial charge in [0.15, 0.2) is 5.78 Å². The molecule has 0 aromatic heterocycles. The molecule has 6 nitrogen and oxygen atoms in total. The smallest absolute Gasteiger partial charge is 0.339 e. The lowest BCUT2D eigenvalue weighted by atomic mass is 9.86. The number of hydrogen-bond acceptors (Lipinski definition) is 5. The average Bonchev–Trinajstić information content (AvgIpc) is 3.20. The van der Waals surface area contributed by atoms with Gasteiger partial charge in [-0.3, -0.25) is 14.4 Å². The van der Waals surface area contributed by atoms with Crippen molar-refractivity contribution in [2.75, 3.05) is 5.32 Å². The fourth-order valence-electron chi connectivity index (χ4n) is 4.34. The number of carbonyl (C=O) groups is 4. The minimum absolute atomic E-state index is 0.101. The van der Waals surface area contributed by atoms with Crippen LogP contribution < -0.4 is 5.32 Å². The molecule has 0 spiro atoms. The van der Waals surface area contributed by atoms with Gasteiger partial charge in [-0.05, 0) is 41.7 Å². The second-order valence-electron chi connectivity index (χ2n) is 9.05. The third-order valence-electron chi connectivity index (χ3n) is 6.24. The fourth-order valence-corrected chi connectivity index (χ4v) is 4.34. The maximum Gasteiger partial charge on any atom is 0.339 e. The molecule has 4 rings (SSSR count). The zero-order valence-corrected chi connectivity index (χ0v) is 20.4. The van der Waals surface area contributed by atoms with Gasteiger partial charge in [-0.25, -0.2) is 4.79 Å². The van der Waals surface area contributed by atoms with Crippen LogP contribution in [0.1, 0.15) is 58.5 Å². The summed E-state index contributed by atoms with van der Waals surface area (Å²) in [6, 6.07) is 21.3. The van der Waals surface area contributed by atoms with Gasteiger partial charge < -0.3 is 10.1 Å². The van der Waals surface area contributed by atoms with E-state index < -0.39 is 35.5 Å². The first-order chi connectivity index (χ1) is 17.3. The molecule has 0 unspecified atom stereocenters. The summed E-state index contributed by atoms with van der Waals surface area (Å²) in [5, 5.41) is 2.72. The van der Waals surface area contributed by atoms with Gasteiger partial charge in [-0.15, -0.1) is 0 Å². The van der Waals surface area contributed by atoms with Gasteiger partial charge in [0.25, 0.3) is 5.91 Å². The number of carbonyl (C=O) groups excluding carboxylic acids is 4. The van der Waals surface area contributed by atoms with E-state index in [1.807, 2.05) is 69.3 Å². The van der Waals surface area contributed by atoms with E-state index in [-0.39, 0.29) is 11.5 Å². The van der Waals surface area contributed by atoms with Crippen molar-refractivity contribution in [3.8, 4) is 0 Å². The molecular formula is C30H27NO5. The Hall–Kier alpha value is -4.32. The van der Waals surface area contributed by atoms with Crippen molar-refractivity contribution in [1.29, 1.82) is 0 Å². The quantitative estimate of drug-likeness (QED) is 0.200. The molecule has 1 aliphatic heterocycles. The van der Waals surface area contributed by atoms with Crippen molar-refractivity contribution in [3.63, 3.8) is 0 Å². The van der Waals surface area contributed by atoms with Gasteiger partial charge in [-0.1, -0.05) is 86.7 Å². The van der Waals surface area contributed by atoms with Crippen LogP contribution in [0.25, 0.3) is 6.08 Å². The molecule has 0 radical (unpaired) electrons. The molecule has 0 aliphatic carbocycles. The zero-order chi connectivity index (χ0) is 25.8. The monoisotopic (exact) mass is 481 g/mol. The minimum atomic E-state index is -1.52. The highest BCUT2D eigenvalue weighted by molar-refractivity contribution is 6.45. The highest BCUT2D eigenvalue weighted by Crippen LogP contribution is 2.37. The Bertz CT molecular complexity index is 1360. The molecule has 1 amide bonds. The van der Waals surface area contributed by atoms with Gasteiger partial charge in [0.1, 0.15) is 12.0 Å². The molecule has 1 heterocycles. The Morgan fingerprint density at radius 3 is 2.33 bits per heavy atom. The summed E-state index contributed by atoms with van der Waals surface area (Å²) < 4.78 is 5.48. The molecule has 0 bridgehead atoms. The number of fused-ring (bicyclic) bond motifs is 1. The van der Waals surface area contributed by atoms with Gasteiger partial charge in [0.2, 0.25) is 5.78 Å². The Morgan fingerprint density at radius 1 is 0.917 bits per heavy atom. The molecule has 1 N–H and O–H groups in total. The van der Waals surface area contributed by atoms with E-state index in [0.29, 0.717) is 11.3 Å². The van der Waals surface area contributed by atoms with Crippen molar-refractivity contribution in [3.05, 3.63) is 107 Å². The normalized spacial score (nSPS) is 15.4. The average molecular weight is 482 g/mol. The summed E-state index contributed by atoms with van der Waals surface area (Å²) in [5.41, 5.74) is 3.66. The van der Waals surface area contributed by atoms with Crippen LogP contribution in [0.15, 0.2) is 78.9 Å². The van der Waals surface area contributed by atoms with Gasteiger partial charge in [0, 0.05) is 11.3 Å². The summed E-state index contributed by atoms with van der Waals surface area (Å²) in [6.45, 7) is 5.82. The van der Waals surface area contributed by atoms with E-state index in [1.165, 1.54) is 6.08 Å². The molecule has 0 saturated carbocycles. The number of amides is 1. The van der Waals surface area contributed by atoms with E-state index in [0.717, 1.165) is 16.7 Å². The first-order valence-corrected chi connectivity index (χ1v) is 11.8. The van der Waals surface area contributed by atoms with Gasteiger partial charge >= 0.3 is 5.97 Å². The molecule has 3 aromatic carbocycles. The summed E-state index contributed by atoms with van der Waals surface area (Å²) in [5.74, 6) is -4.58. The summed E-state index contributed by atoms with van der Waals surface area (Å²) in [6.07, 6.45) is 1.63. The first-order valence-electron chi connectivity index (χ1n) is 11.8. The predicted octanol–water partition coefficient (Wildman–Crippen LogP) is 5.44. The Balaban J connectivity index is 1.69. The lowest BCUT2D eigenvalue weighted by Crippen LogP contribution is -2.37. The second kappa shape index (κ2) is 10.5. The lowest BCUT2D eigenvalue weighted by molar-refractivity contribution is -0.143. The lowest BCUT2D eigenvalue weighted by Gasteiger charge is -2.21. The standard InChI is InChI=1S/C30H27NO5/c1-18(2)21-15-9-10-19(3)26(21)31-29(34)27(33)25(24(32)17-16-20-11-5-4-6-12-20)28-22-13-7-8-14-23(22)30(35)36-28/h4-18,25,28H,1-3H3,(H,31,34)/b17-16+/t25-,28+/m1/s1. The largest absolute Gasteiger partial charge is 0.453 e. The van der Waals surface area contributed by atoms with Crippen LogP contribution in [-0.4, -0.2) is 23.4 Å². The number of aryl methyl sites for hydroxylation is 1. The molecule has 182 valence electrons. The van der Waals surface area contributed by atoms with Crippen LogP contribution >= 0.6 is 0 Å². The summed E-state index contributed by atoms with van der Waals surface area (Å²) in [4.78, 5) is 52.6. The number of allylic oxidation sites excluding steroid dienone is 1. The van der Waals surface area contributed by atoms with E-state index >= 15 is 0 Å². The molecule has 6 heteroatoms. The molecular weight excluding hydrogens is 454 g/mol. The fraction of sp³-hybridized carbons (Fsp3) is 0.200. The Labute approximate surface area is 210 Å². The van der Waals surface area contributed by atoms with E-state index in [4.69, 9.17) is 4.74 Å². The van der Waals surface area contributed by atoms with Crippen molar-refractivity contribution in [1.82, 2.24) is 0 Å². The number of ketones is 2. The van der Waals surface area contributed by atoms with Gasteiger partial charge in [-0.2, -0.15) is 0 Å². The van der Waals surface area contributed by atoms with E-state index in [9.17, 15) is 19.2 Å². The highest BCUT2D eigenvalue weighted by Gasteiger charge is 2.45. The third kappa shape index (κ3) is 5.03. The van der Waals surface area contributed by atoms with Crippen molar-refractivity contribution >= 4 is 35.2 Å². The number of nitrogens with one attached hydrogen (secondary N) is 1. The Morgan fingerprint density at radius 2 is 1.61 bits per heavy atom. The molecule has 36 heavy (non-hydrogen) atoms. The molecule has 0 saturated heterocycles. The summed E-state index contributed by atoms with van der Waals surface area (Å²) >= 11 is 0. The number of anilines is 1. The number of ether oxygens (including phenoxy) is 1. The van der Waals surface area contributed by atoms with E-state index in [2.05, 4.69) is 5.32 Å². The maximum absolute atomic E-state index is 13.5. The topological polar surface area (TPSA) is 89.5 Å². The highest BCUT2D eigenvalue weighted by atomic mass is 16.5. The maximum atomic E-state index is 13.5. The number of hydrogen-bond donors (Lipinski definition) is 1. The van der Waals surface area contributed by atoms with Gasteiger partial charge in [0.05, 0.1) is 5.56 Å². The second-order valence-corrected chi connectivity index (χ2v) is 9.05. The number of para-hydroxylation sites is 1. The minimum Gasteiger partial charge on any atom is -0.453 e. The van der Waals surface area contributed by atoms with Crippen LogP contribution in [0.5, 0.6) is 0 Å². The number of benzene rings is 3. The SMILES string of the molecule is Cc1cccc(C(C)C)c1NC(=O)C(=O)[C@@H](C(=O)/C=C/c1ccccc1)[C@H]1OC(=O)c2ccccc21. The van der Waals surface area contributed by atoms with Crippen molar-refractivity contribution < 1.29 is 23.9 Å². The van der Waals surface area contributed by atoms with Crippen LogP contribution in [0.3, 0.4) is 0 Å². The van der Waals surface area contributed by atoms with Crippen LogP contribution in [0.2, 0.25) is 0 Å². The molecule has 2 atom stereocenters.